The molecule has 1 aliphatic heterocycles. The van der Waals surface area contributed by atoms with Crippen LogP contribution in [0.2, 0.25) is 0 Å². The summed E-state index contributed by atoms with van der Waals surface area (Å²) in [5, 5.41) is 0. The maximum absolute atomic E-state index is 13.7. The number of piperazine rings is 1. The summed E-state index contributed by atoms with van der Waals surface area (Å²) in [5.41, 5.74) is 0. The first kappa shape index (κ1) is 14.9. The van der Waals surface area contributed by atoms with Crippen LogP contribution in [-0.4, -0.2) is 49.8 Å². The highest BCUT2D eigenvalue weighted by atomic mass is 32.2. The third kappa shape index (κ3) is 2.98. The fourth-order valence-corrected chi connectivity index (χ4v) is 4.86. The molecule has 0 spiro atoms. The van der Waals surface area contributed by atoms with E-state index in [2.05, 4.69) is 4.90 Å². The van der Waals surface area contributed by atoms with Gasteiger partial charge in [-0.3, -0.25) is 4.90 Å². The van der Waals surface area contributed by atoms with Gasteiger partial charge in [0.25, 0.3) is 0 Å². The Morgan fingerprint density at radius 2 is 1.62 bits per heavy atom. The Bertz CT molecular complexity index is 591. The third-order valence-electron chi connectivity index (χ3n) is 4.57. The summed E-state index contributed by atoms with van der Waals surface area (Å²) in [7, 11) is -3.71. The SMILES string of the molecule is O=S(=O)(c1ccccc1F)N1CCN(C2CCCC2)CC1. The molecule has 6 heteroatoms. The molecule has 0 amide bonds. The van der Waals surface area contributed by atoms with Crippen molar-refractivity contribution in [3.05, 3.63) is 30.1 Å². The van der Waals surface area contributed by atoms with Crippen molar-refractivity contribution >= 4 is 10.0 Å². The second-order valence-electron chi connectivity index (χ2n) is 5.81. The highest BCUT2D eigenvalue weighted by molar-refractivity contribution is 7.89. The maximum atomic E-state index is 13.7. The molecule has 0 atom stereocenters. The van der Waals surface area contributed by atoms with Crippen molar-refractivity contribution in [2.24, 2.45) is 0 Å². The van der Waals surface area contributed by atoms with Crippen LogP contribution >= 0.6 is 0 Å². The summed E-state index contributed by atoms with van der Waals surface area (Å²) in [6, 6.07) is 6.22. The van der Waals surface area contributed by atoms with E-state index in [1.165, 1.54) is 48.2 Å². The van der Waals surface area contributed by atoms with Crippen LogP contribution in [0.4, 0.5) is 4.39 Å². The van der Waals surface area contributed by atoms with Gasteiger partial charge in [0.15, 0.2) is 0 Å². The Morgan fingerprint density at radius 1 is 1.00 bits per heavy atom. The van der Waals surface area contributed by atoms with E-state index >= 15 is 0 Å². The second-order valence-corrected chi connectivity index (χ2v) is 7.72. The van der Waals surface area contributed by atoms with Crippen molar-refractivity contribution in [3.8, 4) is 0 Å². The zero-order chi connectivity index (χ0) is 14.9. The number of rotatable bonds is 3. The molecule has 0 aromatic heterocycles. The average molecular weight is 312 g/mol. The van der Waals surface area contributed by atoms with Gasteiger partial charge >= 0.3 is 0 Å². The number of nitrogens with zero attached hydrogens (tertiary/aromatic N) is 2. The maximum Gasteiger partial charge on any atom is 0.246 e. The van der Waals surface area contributed by atoms with Gasteiger partial charge in [-0.05, 0) is 25.0 Å². The van der Waals surface area contributed by atoms with Crippen LogP contribution in [0.3, 0.4) is 0 Å². The van der Waals surface area contributed by atoms with Crippen LogP contribution in [0, 0.1) is 5.82 Å². The Balaban J connectivity index is 1.70. The van der Waals surface area contributed by atoms with E-state index in [9.17, 15) is 12.8 Å². The van der Waals surface area contributed by atoms with Crippen molar-refractivity contribution in [1.29, 1.82) is 0 Å². The first-order valence-corrected chi connectivity index (χ1v) is 9.02. The zero-order valence-corrected chi connectivity index (χ0v) is 12.9. The van der Waals surface area contributed by atoms with Crippen LogP contribution < -0.4 is 0 Å². The molecule has 2 fully saturated rings. The number of halogens is 1. The van der Waals surface area contributed by atoms with Gasteiger partial charge in [0, 0.05) is 32.2 Å². The van der Waals surface area contributed by atoms with Crippen molar-refractivity contribution in [1.82, 2.24) is 9.21 Å². The van der Waals surface area contributed by atoms with Crippen molar-refractivity contribution in [3.63, 3.8) is 0 Å². The molecule has 0 unspecified atom stereocenters. The molecule has 1 saturated carbocycles. The predicted octanol–water partition coefficient (Wildman–Crippen LogP) is 2.07. The number of sulfonamides is 1. The van der Waals surface area contributed by atoms with E-state index in [-0.39, 0.29) is 4.90 Å². The molecule has 0 N–H and O–H groups in total. The molecule has 2 aliphatic rings. The molecular weight excluding hydrogens is 291 g/mol. The quantitative estimate of drug-likeness (QED) is 0.858. The van der Waals surface area contributed by atoms with E-state index in [0.29, 0.717) is 19.1 Å². The monoisotopic (exact) mass is 312 g/mol. The zero-order valence-electron chi connectivity index (χ0n) is 12.0. The van der Waals surface area contributed by atoms with Crippen LogP contribution in [0.5, 0.6) is 0 Å². The lowest BCUT2D eigenvalue weighted by molar-refractivity contribution is 0.139. The Hall–Kier alpha value is -0.980. The van der Waals surface area contributed by atoms with Gasteiger partial charge in [-0.15, -0.1) is 0 Å². The van der Waals surface area contributed by atoms with E-state index in [1.54, 1.807) is 6.07 Å². The largest absolute Gasteiger partial charge is 0.298 e. The van der Waals surface area contributed by atoms with Gasteiger partial charge in [0.1, 0.15) is 10.7 Å². The Morgan fingerprint density at radius 3 is 2.24 bits per heavy atom. The first-order chi connectivity index (χ1) is 10.1. The molecule has 3 rings (SSSR count). The van der Waals surface area contributed by atoms with Crippen LogP contribution in [0.1, 0.15) is 25.7 Å². The Kier molecular flexibility index (Phi) is 4.28. The smallest absolute Gasteiger partial charge is 0.246 e. The molecular formula is C15H21FN2O2S. The molecule has 21 heavy (non-hydrogen) atoms. The molecule has 0 radical (unpaired) electrons. The normalized spacial score (nSPS) is 22.7. The summed E-state index contributed by atoms with van der Waals surface area (Å²) in [5.74, 6) is -0.671. The molecule has 1 aromatic rings. The van der Waals surface area contributed by atoms with Crippen LogP contribution in [0.25, 0.3) is 0 Å². The minimum atomic E-state index is -3.71. The molecule has 4 nitrogen and oxygen atoms in total. The highest BCUT2D eigenvalue weighted by Crippen LogP contribution is 2.26. The number of benzene rings is 1. The van der Waals surface area contributed by atoms with Gasteiger partial charge in [-0.2, -0.15) is 4.31 Å². The summed E-state index contributed by atoms with van der Waals surface area (Å²) in [6.07, 6.45) is 5.00. The fourth-order valence-electron chi connectivity index (χ4n) is 3.37. The van der Waals surface area contributed by atoms with Crippen molar-refractivity contribution < 1.29 is 12.8 Å². The third-order valence-corrected chi connectivity index (χ3v) is 6.50. The topological polar surface area (TPSA) is 40.6 Å². The van der Waals surface area contributed by atoms with Gasteiger partial charge in [-0.1, -0.05) is 25.0 Å². The van der Waals surface area contributed by atoms with Crippen LogP contribution in [0.15, 0.2) is 29.2 Å². The molecule has 1 aliphatic carbocycles. The highest BCUT2D eigenvalue weighted by Gasteiger charge is 2.33. The molecule has 1 heterocycles. The van der Waals surface area contributed by atoms with Crippen molar-refractivity contribution in [2.45, 2.75) is 36.6 Å². The van der Waals surface area contributed by atoms with E-state index in [0.717, 1.165) is 13.1 Å². The summed E-state index contributed by atoms with van der Waals surface area (Å²) in [4.78, 5) is 2.18. The predicted molar refractivity (Wildman–Crippen MR) is 79.0 cm³/mol. The summed E-state index contributed by atoms with van der Waals surface area (Å²) >= 11 is 0. The van der Waals surface area contributed by atoms with Crippen molar-refractivity contribution in [2.75, 3.05) is 26.2 Å². The summed E-state index contributed by atoms with van der Waals surface area (Å²) < 4.78 is 40.2. The van der Waals surface area contributed by atoms with Gasteiger partial charge < -0.3 is 0 Å². The summed E-state index contributed by atoms with van der Waals surface area (Å²) in [6.45, 7) is 2.40. The van der Waals surface area contributed by atoms with E-state index in [4.69, 9.17) is 0 Å². The lowest BCUT2D eigenvalue weighted by atomic mass is 10.2. The molecule has 1 saturated heterocycles. The number of hydrogen-bond donors (Lipinski definition) is 0. The van der Waals surface area contributed by atoms with Gasteiger partial charge in [-0.25, -0.2) is 12.8 Å². The van der Waals surface area contributed by atoms with E-state index in [1.807, 2.05) is 0 Å². The molecule has 0 bridgehead atoms. The lowest BCUT2D eigenvalue weighted by Crippen LogP contribution is -2.51. The van der Waals surface area contributed by atoms with Gasteiger partial charge in [0.05, 0.1) is 0 Å². The van der Waals surface area contributed by atoms with E-state index < -0.39 is 15.8 Å². The standard InChI is InChI=1S/C15H21FN2O2S/c16-14-7-3-4-8-15(14)21(19,20)18-11-9-17(10-12-18)13-5-1-2-6-13/h3-4,7-8,13H,1-2,5-6,9-12H2. The first-order valence-electron chi connectivity index (χ1n) is 7.58. The second kappa shape index (κ2) is 6.02. The van der Waals surface area contributed by atoms with Crippen LogP contribution in [-0.2, 0) is 10.0 Å². The lowest BCUT2D eigenvalue weighted by Gasteiger charge is -2.37. The Labute approximate surface area is 125 Å². The minimum absolute atomic E-state index is 0.209. The molecule has 116 valence electrons. The fraction of sp³-hybridized carbons (Fsp3) is 0.600. The minimum Gasteiger partial charge on any atom is -0.298 e. The van der Waals surface area contributed by atoms with Gasteiger partial charge in [0.2, 0.25) is 10.0 Å². The molecule has 1 aromatic carbocycles. The average Bonchev–Trinajstić information content (AvgIpc) is 3.02. The number of hydrogen-bond acceptors (Lipinski definition) is 3.